The van der Waals surface area contributed by atoms with E-state index in [1.807, 2.05) is 0 Å². The lowest BCUT2D eigenvalue weighted by molar-refractivity contribution is 0.0819. The van der Waals surface area contributed by atoms with Crippen LogP contribution in [0.2, 0.25) is 5.02 Å². The molecule has 0 amide bonds. The van der Waals surface area contributed by atoms with Gasteiger partial charge in [0.1, 0.15) is 6.61 Å². The van der Waals surface area contributed by atoms with Crippen molar-refractivity contribution in [3.8, 4) is 5.75 Å². The lowest BCUT2D eigenvalue weighted by atomic mass is 10.3. The molecule has 6 heteroatoms. The number of benzene rings is 1. The van der Waals surface area contributed by atoms with Crippen LogP contribution < -0.4 is 10.5 Å². The number of hydrogen-bond acceptors (Lipinski definition) is 2. The van der Waals surface area contributed by atoms with Crippen molar-refractivity contribution in [2.75, 3.05) is 12.3 Å². The molecule has 1 rings (SSSR count). The van der Waals surface area contributed by atoms with E-state index in [1.165, 1.54) is 12.1 Å². The number of alkyl halides is 2. The highest BCUT2D eigenvalue weighted by Crippen LogP contribution is 2.34. The fourth-order valence-corrected chi connectivity index (χ4v) is 1.83. The molecule has 0 unspecified atom stereocenters. The van der Waals surface area contributed by atoms with Gasteiger partial charge in [0, 0.05) is 5.02 Å². The third-order valence-electron chi connectivity index (χ3n) is 1.39. The number of halogens is 4. The Labute approximate surface area is 93.1 Å². The van der Waals surface area contributed by atoms with Crippen LogP contribution in [0, 0.1) is 0 Å². The zero-order valence-electron chi connectivity index (χ0n) is 6.94. The molecule has 14 heavy (non-hydrogen) atoms. The molecular weight excluding hydrogens is 279 g/mol. The number of hydrogen-bond donors (Lipinski definition) is 1. The molecule has 0 spiro atoms. The van der Waals surface area contributed by atoms with Gasteiger partial charge in [-0.2, -0.15) is 0 Å². The standard InChI is InChI=1S/C8H7BrClF2NO/c9-5-1-4(10)2-6(13)8(5)14-3-7(11)12/h1-2,7H,3,13H2. The Morgan fingerprint density at radius 1 is 1.50 bits per heavy atom. The van der Waals surface area contributed by atoms with Gasteiger partial charge in [0.05, 0.1) is 10.2 Å². The van der Waals surface area contributed by atoms with E-state index in [0.717, 1.165) is 0 Å². The Morgan fingerprint density at radius 3 is 2.64 bits per heavy atom. The van der Waals surface area contributed by atoms with Gasteiger partial charge in [-0.15, -0.1) is 0 Å². The van der Waals surface area contributed by atoms with Crippen LogP contribution in [-0.2, 0) is 0 Å². The number of rotatable bonds is 3. The van der Waals surface area contributed by atoms with Crippen molar-refractivity contribution in [2.24, 2.45) is 0 Å². The van der Waals surface area contributed by atoms with Crippen molar-refractivity contribution in [2.45, 2.75) is 6.43 Å². The lowest BCUT2D eigenvalue weighted by Gasteiger charge is -2.10. The van der Waals surface area contributed by atoms with Crippen molar-refractivity contribution >= 4 is 33.2 Å². The van der Waals surface area contributed by atoms with E-state index in [1.54, 1.807) is 0 Å². The highest BCUT2D eigenvalue weighted by atomic mass is 79.9. The average Bonchev–Trinajstić information content (AvgIpc) is 2.01. The zero-order chi connectivity index (χ0) is 10.7. The van der Waals surface area contributed by atoms with Crippen molar-refractivity contribution in [1.29, 1.82) is 0 Å². The Bertz CT molecular complexity index is 312. The molecule has 0 saturated heterocycles. The fourth-order valence-electron chi connectivity index (χ4n) is 0.879. The van der Waals surface area contributed by atoms with Crippen LogP contribution in [-0.4, -0.2) is 13.0 Å². The van der Waals surface area contributed by atoms with Crippen molar-refractivity contribution in [1.82, 2.24) is 0 Å². The molecule has 0 aromatic heterocycles. The summed E-state index contributed by atoms with van der Waals surface area (Å²) in [4.78, 5) is 0. The van der Waals surface area contributed by atoms with E-state index in [9.17, 15) is 8.78 Å². The van der Waals surface area contributed by atoms with Crippen LogP contribution in [0.15, 0.2) is 16.6 Å². The normalized spacial score (nSPS) is 10.6. The predicted molar refractivity (Wildman–Crippen MR) is 55.1 cm³/mol. The van der Waals surface area contributed by atoms with Crippen molar-refractivity contribution in [3.05, 3.63) is 21.6 Å². The Morgan fingerprint density at radius 2 is 2.14 bits per heavy atom. The van der Waals surface area contributed by atoms with Crippen LogP contribution in [0.25, 0.3) is 0 Å². The molecule has 1 aromatic rings. The molecule has 0 aliphatic heterocycles. The molecule has 0 bridgehead atoms. The molecule has 78 valence electrons. The second-order valence-electron chi connectivity index (χ2n) is 2.51. The highest BCUT2D eigenvalue weighted by molar-refractivity contribution is 9.10. The van der Waals surface area contributed by atoms with E-state index in [-0.39, 0.29) is 11.4 Å². The summed E-state index contributed by atoms with van der Waals surface area (Å²) in [6.07, 6.45) is -2.53. The van der Waals surface area contributed by atoms with Gasteiger partial charge in [0.2, 0.25) is 0 Å². The predicted octanol–water partition coefficient (Wildman–Crippen LogP) is 3.33. The summed E-state index contributed by atoms with van der Waals surface area (Å²) < 4.78 is 29.0. The first kappa shape index (κ1) is 11.5. The van der Waals surface area contributed by atoms with Crippen molar-refractivity contribution < 1.29 is 13.5 Å². The minimum atomic E-state index is -2.53. The summed E-state index contributed by atoms with van der Waals surface area (Å²) in [5.74, 6) is 0.190. The van der Waals surface area contributed by atoms with Gasteiger partial charge in [-0.3, -0.25) is 0 Å². The van der Waals surface area contributed by atoms with Crippen LogP contribution in [0.3, 0.4) is 0 Å². The van der Waals surface area contributed by atoms with E-state index < -0.39 is 13.0 Å². The molecule has 0 heterocycles. The topological polar surface area (TPSA) is 35.2 Å². The van der Waals surface area contributed by atoms with Gasteiger partial charge >= 0.3 is 0 Å². The lowest BCUT2D eigenvalue weighted by Crippen LogP contribution is -2.08. The molecule has 2 N–H and O–H groups in total. The molecule has 0 saturated carbocycles. The zero-order valence-corrected chi connectivity index (χ0v) is 9.28. The molecular formula is C8H7BrClF2NO. The number of nitrogens with two attached hydrogens (primary N) is 1. The summed E-state index contributed by atoms with van der Waals surface area (Å²) in [5, 5.41) is 0.416. The maximum absolute atomic E-state index is 11.9. The minimum Gasteiger partial charge on any atom is -0.484 e. The quantitative estimate of drug-likeness (QED) is 0.865. The summed E-state index contributed by atoms with van der Waals surface area (Å²) in [7, 11) is 0. The molecule has 1 aromatic carbocycles. The van der Waals surface area contributed by atoms with Gasteiger partial charge < -0.3 is 10.5 Å². The highest BCUT2D eigenvalue weighted by Gasteiger charge is 2.10. The number of anilines is 1. The van der Waals surface area contributed by atoms with Crippen molar-refractivity contribution in [3.63, 3.8) is 0 Å². The molecule has 0 aliphatic rings. The summed E-state index contributed by atoms with van der Waals surface area (Å²) >= 11 is 8.78. The number of ether oxygens (including phenoxy) is 1. The van der Waals surface area contributed by atoms with Gasteiger partial charge in [-0.05, 0) is 28.1 Å². The van der Waals surface area contributed by atoms with E-state index in [4.69, 9.17) is 22.1 Å². The largest absolute Gasteiger partial charge is 0.484 e. The summed E-state index contributed by atoms with van der Waals surface area (Å²) in [6, 6.07) is 2.96. The smallest absolute Gasteiger partial charge is 0.272 e. The van der Waals surface area contributed by atoms with Crippen LogP contribution in [0.4, 0.5) is 14.5 Å². The first-order valence-corrected chi connectivity index (χ1v) is 4.83. The van der Waals surface area contributed by atoms with E-state index in [2.05, 4.69) is 15.9 Å². The van der Waals surface area contributed by atoms with Crippen LogP contribution >= 0.6 is 27.5 Å². The fraction of sp³-hybridized carbons (Fsp3) is 0.250. The minimum absolute atomic E-state index is 0.190. The Hall–Kier alpha value is -0.550. The monoisotopic (exact) mass is 285 g/mol. The first-order chi connectivity index (χ1) is 6.50. The molecule has 0 aliphatic carbocycles. The molecule has 0 fully saturated rings. The second-order valence-corrected chi connectivity index (χ2v) is 3.80. The Balaban J connectivity index is 2.86. The second kappa shape index (κ2) is 4.79. The Kier molecular flexibility index (Phi) is 3.95. The van der Waals surface area contributed by atoms with Crippen LogP contribution in [0.1, 0.15) is 0 Å². The molecule has 0 radical (unpaired) electrons. The van der Waals surface area contributed by atoms with E-state index in [0.29, 0.717) is 9.50 Å². The van der Waals surface area contributed by atoms with Gasteiger partial charge in [-0.1, -0.05) is 11.6 Å². The maximum Gasteiger partial charge on any atom is 0.272 e. The summed E-state index contributed by atoms with van der Waals surface area (Å²) in [6.45, 7) is -0.690. The summed E-state index contributed by atoms with van der Waals surface area (Å²) in [5.41, 5.74) is 5.75. The SMILES string of the molecule is Nc1cc(Cl)cc(Br)c1OCC(F)F. The third-order valence-corrected chi connectivity index (χ3v) is 2.20. The maximum atomic E-state index is 11.9. The number of nitrogen functional groups attached to an aromatic ring is 1. The molecule has 2 nitrogen and oxygen atoms in total. The van der Waals surface area contributed by atoms with Crippen LogP contribution in [0.5, 0.6) is 5.75 Å². The average molecular weight is 287 g/mol. The first-order valence-electron chi connectivity index (χ1n) is 3.66. The van der Waals surface area contributed by atoms with Gasteiger partial charge in [-0.25, -0.2) is 8.78 Å². The van der Waals surface area contributed by atoms with Gasteiger partial charge in [0.15, 0.2) is 5.75 Å². The van der Waals surface area contributed by atoms with E-state index >= 15 is 0 Å². The third kappa shape index (κ3) is 2.99. The van der Waals surface area contributed by atoms with Gasteiger partial charge in [0.25, 0.3) is 6.43 Å². The molecule has 0 atom stereocenters.